The molecule has 0 spiro atoms. The predicted molar refractivity (Wildman–Crippen MR) is 76.7 cm³/mol. The molecule has 0 bridgehead atoms. The van der Waals surface area contributed by atoms with Crippen LogP contribution in [0.4, 0.5) is 8.78 Å². The number of halogens is 3. The van der Waals surface area contributed by atoms with E-state index in [1.54, 1.807) is 0 Å². The van der Waals surface area contributed by atoms with Gasteiger partial charge in [-0.15, -0.1) is 0 Å². The summed E-state index contributed by atoms with van der Waals surface area (Å²) < 4.78 is 30.8. The lowest BCUT2D eigenvalue weighted by molar-refractivity contribution is -0.125. The second kappa shape index (κ2) is 7.54. The molecule has 1 amide bonds. The minimum absolute atomic E-state index is 0.104. The van der Waals surface area contributed by atoms with E-state index in [-0.39, 0.29) is 16.6 Å². The highest BCUT2D eigenvalue weighted by molar-refractivity contribution is 6.33. The molecule has 1 aromatic rings. The Labute approximate surface area is 131 Å². The number of benzene rings is 1. The second-order valence-corrected chi connectivity index (χ2v) is 5.63. The van der Waals surface area contributed by atoms with Crippen LogP contribution < -0.4 is 5.32 Å². The maximum atomic E-state index is 13.1. The lowest BCUT2D eigenvalue weighted by atomic mass is 9.95. The molecule has 1 aliphatic carbocycles. The Kier molecular flexibility index (Phi) is 5.71. The van der Waals surface area contributed by atoms with Gasteiger partial charge in [-0.3, -0.25) is 4.79 Å². The predicted octanol–water partition coefficient (Wildman–Crippen LogP) is 3.22. The molecule has 1 aliphatic rings. The van der Waals surface area contributed by atoms with E-state index in [1.807, 2.05) is 0 Å². The van der Waals surface area contributed by atoms with Gasteiger partial charge < -0.3 is 10.1 Å². The molecule has 4 nitrogen and oxygen atoms in total. The first-order valence-electron chi connectivity index (χ1n) is 7.08. The zero-order valence-corrected chi connectivity index (χ0v) is 12.6. The number of esters is 1. The first kappa shape index (κ1) is 16.7. The summed E-state index contributed by atoms with van der Waals surface area (Å²) in [6, 6.07) is 1.45. The highest BCUT2D eigenvalue weighted by Crippen LogP contribution is 2.21. The van der Waals surface area contributed by atoms with Crippen molar-refractivity contribution in [2.75, 3.05) is 6.61 Å². The van der Waals surface area contributed by atoms with Gasteiger partial charge in [0, 0.05) is 6.04 Å². The van der Waals surface area contributed by atoms with E-state index in [9.17, 15) is 18.4 Å². The molecule has 7 heteroatoms. The van der Waals surface area contributed by atoms with Crippen molar-refractivity contribution in [3.05, 3.63) is 34.4 Å². The van der Waals surface area contributed by atoms with Crippen molar-refractivity contribution in [1.29, 1.82) is 0 Å². The Morgan fingerprint density at radius 2 is 1.82 bits per heavy atom. The van der Waals surface area contributed by atoms with Gasteiger partial charge in [0.2, 0.25) is 0 Å². The highest BCUT2D eigenvalue weighted by atomic mass is 35.5. The number of hydrogen-bond donors (Lipinski definition) is 1. The number of rotatable bonds is 4. The lowest BCUT2D eigenvalue weighted by Gasteiger charge is -2.22. The summed E-state index contributed by atoms with van der Waals surface area (Å²) in [5.74, 6) is -3.75. The Hall–Kier alpha value is -1.69. The molecule has 22 heavy (non-hydrogen) atoms. The molecule has 0 unspecified atom stereocenters. The molecular weight excluding hydrogens is 316 g/mol. The Balaban J connectivity index is 1.87. The van der Waals surface area contributed by atoms with E-state index in [2.05, 4.69) is 5.32 Å². The topological polar surface area (TPSA) is 55.4 Å². The zero-order chi connectivity index (χ0) is 16.1. The summed E-state index contributed by atoms with van der Waals surface area (Å²) in [5.41, 5.74) is -0.314. The van der Waals surface area contributed by atoms with Crippen LogP contribution in [0.5, 0.6) is 0 Å². The van der Waals surface area contributed by atoms with Crippen LogP contribution in [0, 0.1) is 11.6 Å². The van der Waals surface area contributed by atoms with Crippen molar-refractivity contribution in [2.24, 2.45) is 0 Å². The molecule has 1 fully saturated rings. The van der Waals surface area contributed by atoms with Crippen LogP contribution in [0.25, 0.3) is 0 Å². The molecule has 1 saturated carbocycles. The first-order valence-corrected chi connectivity index (χ1v) is 7.46. The van der Waals surface area contributed by atoms with E-state index >= 15 is 0 Å². The normalized spacial score (nSPS) is 15.4. The average molecular weight is 332 g/mol. The largest absolute Gasteiger partial charge is 0.452 e. The van der Waals surface area contributed by atoms with Crippen molar-refractivity contribution in [3.8, 4) is 0 Å². The third-order valence-corrected chi connectivity index (χ3v) is 3.85. The van der Waals surface area contributed by atoms with E-state index in [0.717, 1.165) is 32.1 Å². The monoisotopic (exact) mass is 331 g/mol. The molecular formula is C15H16ClF2NO3. The number of carbonyl (C=O) groups excluding carboxylic acids is 2. The fourth-order valence-electron chi connectivity index (χ4n) is 2.40. The summed E-state index contributed by atoms with van der Waals surface area (Å²) in [4.78, 5) is 23.4. The lowest BCUT2D eigenvalue weighted by Crippen LogP contribution is -2.38. The number of carbonyl (C=O) groups is 2. The summed E-state index contributed by atoms with van der Waals surface area (Å²) in [6.45, 7) is -0.481. The van der Waals surface area contributed by atoms with Gasteiger partial charge in [-0.1, -0.05) is 30.9 Å². The number of nitrogens with one attached hydrogen (secondary N) is 1. The van der Waals surface area contributed by atoms with Crippen molar-refractivity contribution in [2.45, 2.75) is 38.1 Å². The van der Waals surface area contributed by atoms with Crippen LogP contribution in [0.15, 0.2) is 12.1 Å². The molecule has 0 aliphatic heterocycles. The van der Waals surface area contributed by atoms with Crippen molar-refractivity contribution >= 4 is 23.5 Å². The van der Waals surface area contributed by atoms with Gasteiger partial charge >= 0.3 is 5.97 Å². The van der Waals surface area contributed by atoms with Gasteiger partial charge in [-0.2, -0.15) is 0 Å². The molecule has 2 rings (SSSR count). The van der Waals surface area contributed by atoms with Crippen LogP contribution in [-0.2, 0) is 9.53 Å². The van der Waals surface area contributed by atoms with Gasteiger partial charge in [-0.05, 0) is 25.0 Å². The van der Waals surface area contributed by atoms with E-state index in [0.29, 0.717) is 12.1 Å². The van der Waals surface area contributed by atoms with E-state index in [1.165, 1.54) is 0 Å². The van der Waals surface area contributed by atoms with Crippen molar-refractivity contribution in [1.82, 2.24) is 5.32 Å². The highest BCUT2D eigenvalue weighted by Gasteiger charge is 2.19. The third kappa shape index (κ3) is 4.40. The molecule has 120 valence electrons. The van der Waals surface area contributed by atoms with Crippen LogP contribution in [0.2, 0.25) is 5.02 Å². The SMILES string of the molecule is O=C(COC(=O)c1cc(F)c(F)cc1Cl)NC1CCCCC1. The summed E-state index contributed by atoms with van der Waals surface area (Å²) >= 11 is 5.66. The second-order valence-electron chi connectivity index (χ2n) is 5.22. The van der Waals surface area contributed by atoms with Gasteiger partial charge in [0.15, 0.2) is 18.2 Å². The molecule has 1 aromatic carbocycles. The van der Waals surface area contributed by atoms with Crippen LogP contribution in [-0.4, -0.2) is 24.5 Å². The minimum atomic E-state index is -1.21. The summed E-state index contributed by atoms with van der Waals surface area (Å²) in [6.07, 6.45) is 5.11. The number of amides is 1. The molecule has 1 N–H and O–H groups in total. The molecule has 0 saturated heterocycles. The average Bonchev–Trinajstić information content (AvgIpc) is 2.49. The molecule has 0 radical (unpaired) electrons. The van der Waals surface area contributed by atoms with Gasteiger partial charge in [-0.25, -0.2) is 13.6 Å². The van der Waals surface area contributed by atoms with Crippen molar-refractivity contribution < 1.29 is 23.1 Å². The first-order chi connectivity index (χ1) is 10.5. The van der Waals surface area contributed by atoms with Crippen LogP contribution >= 0.6 is 11.6 Å². The third-order valence-electron chi connectivity index (χ3n) is 3.53. The molecule has 0 atom stereocenters. The Morgan fingerprint density at radius 3 is 2.50 bits per heavy atom. The fourth-order valence-corrected chi connectivity index (χ4v) is 2.63. The Bertz CT molecular complexity index is 574. The number of ether oxygens (including phenoxy) is 1. The van der Waals surface area contributed by atoms with Crippen molar-refractivity contribution in [3.63, 3.8) is 0 Å². The molecule has 0 aromatic heterocycles. The quantitative estimate of drug-likeness (QED) is 0.681. The van der Waals surface area contributed by atoms with Gasteiger partial charge in [0.1, 0.15) is 0 Å². The van der Waals surface area contributed by atoms with Crippen LogP contribution in [0.3, 0.4) is 0 Å². The standard InChI is InChI=1S/C15H16ClF2NO3/c16-11-7-13(18)12(17)6-10(11)15(21)22-8-14(20)19-9-4-2-1-3-5-9/h6-7,9H,1-5,8H2,(H,19,20). The fraction of sp³-hybridized carbons (Fsp3) is 0.467. The zero-order valence-electron chi connectivity index (χ0n) is 11.8. The van der Waals surface area contributed by atoms with E-state index in [4.69, 9.17) is 16.3 Å². The van der Waals surface area contributed by atoms with E-state index < -0.39 is 30.1 Å². The van der Waals surface area contributed by atoms with Crippen LogP contribution in [0.1, 0.15) is 42.5 Å². The Morgan fingerprint density at radius 1 is 1.18 bits per heavy atom. The maximum absolute atomic E-state index is 13.1. The summed E-state index contributed by atoms with van der Waals surface area (Å²) in [5, 5.41) is 2.51. The smallest absolute Gasteiger partial charge is 0.340 e. The van der Waals surface area contributed by atoms with Gasteiger partial charge in [0.05, 0.1) is 10.6 Å². The molecule has 0 heterocycles. The van der Waals surface area contributed by atoms with Gasteiger partial charge in [0.25, 0.3) is 5.91 Å². The maximum Gasteiger partial charge on any atom is 0.340 e. The summed E-state index contributed by atoms with van der Waals surface area (Å²) in [7, 11) is 0. The number of hydrogen-bond acceptors (Lipinski definition) is 3. The minimum Gasteiger partial charge on any atom is -0.452 e.